The number of fused-ring (bicyclic) bond motifs is 1. The van der Waals surface area contributed by atoms with Crippen LogP contribution < -0.4 is 20.5 Å². The largest absolute Gasteiger partial charge is 0.493 e. The van der Waals surface area contributed by atoms with Crippen LogP contribution in [0.15, 0.2) is 24.0 Å². The van der Waals surface area contributed by atoms with Crippen LogP contribution in [0.4, 0.5) is 0 Å². The minimum atomic E-state index is 0.286. The summed E-state index contributed by atoms with van der Waals surface area (Å²) in [5, 5.41) is 3.94. The lowest BCUT2D eigenvalue weighted by Crippen LogP contribution is -2.43. The second-order valence-corrected chi connectivity index (χ2v) is 5.71. The molecule has 21 heavy (non-hydrogen) atoms. The monoisotopic (exact) mass is 309 g/mol. The third-order valence-corrected chi connectivity index (χ3v) is 4.15. The van der Waals surface area contributed by atoms with Crippen LogP contribution >= 0.6 is 11.6 Å². The molecule has 3 rings (SSSR count). The first-order chi connectivity index (χ1) is 10.2. The lowest BCUT2D eigenvalue weighted by atomic mass is 10.0. The topological polar surface area (TPSA) is 59.8 Å². The van der Waals surface area contributed by atoms with Crippen LogP contribution in [-0.2, 0) is 6.42 Å². The number of nitrogens with zero attached hydrogens (tertiary/aromatic N) is 1. The predicted molar refractivity (Wildman–Crippen MR) is 82.6 cm³/mol. The summed E-state index contributed by atoms with van der Waals surface area (Å²) in [4.78, 5) is 2.32. The molecule has 1 aromatic carbocycles. The molecule has 0 aromatic heterocycles. The number of nitrogens with two attached hydrogens (primary N) is 1. The number of rotatable bonds is 4. The van der Waals surface area contributed by atoms with Crippen LogP contribution in [0.1, 0.15) is 12.0 Å². The van der Waals surface area contributed by atoms with Gasteiger partial charge in [-0.3, -0.25) is 0 Å². The third-order valence-electron chi connectivity index (χ3n) is 3.93. The molecule has 3 N–H and O–H groups in total. The lowest BCUT2D eigenvalue weighted by molar-refractivity contribution is 0.148. The minimum Gasteiger partial charge on any atom is -0.493 e. The first kappa shape index (κ1) is 14.4. The summed E-state index contributed by atoms with van der Waals surface area (Å²) < 4.78 is 11.3. The van der Waals surface area contributed by atoms with Crippen molar-refractivity contribution in [3.63, 3.8) is 0 Å². The quantitative estimate of drug-likeness (QED) is 0.886. The van der Waals surface area contributed by atoms with Crippen LogP contribution in [0.5, 0.6) is 11.5 Å². The van der Waals surface area contributed by atoms with Crippen molar-refractivity contribution in [1.29, 1.82) is 0 Å². The molecule has 0 fully saturated rings. The highest BCUT2D eigenvalue weighted by Crippen LogP contribution is 2.39. The molecule has 2 aliphatic rings. The molecule has 0 bridgehead atoms. The Bertz CT molecular complexity index is 562. The first-order valence-electron chi connectivity index (χ1n) is 7.11. The summed E-state index contributed by atoms with van der Waals surface area (Å²) in [5.74, 6) is 1.52. The van der Waals surface area contributed by atoms with Crippen molar-refractivity contribution < 1.29 is 9.47 Å². The van der Waals surface area contributed by atoms with Crippen molar-refractivity contribution in [2.75, 3.05) is 26.9 Å². The number of nitrogens with one attached hydrogen (secondary N) is 1. The molecular formula is C15H20ClN3O2. The zero-order chi connectivity index (χ0) is 14.8. The summed E-state index contributed by atoms with van der Waals surface area (Å²) in [6.07, 6.45) is 3.80. The van der Waals surface area contributed by atoms with E-state index in [1.807, 2.05) is 12.3 Å². The Balaban J connectivity index is 1.81. The normalized spacial score (nSPS) is 20.4. The Morgan fingerprint density at radius 1 is 1.52 bits per heavy atom. The van der Waals surface area contributed by atoms with Crippen molar-refractivity contribution in [1.82, 2.24) is 10.2 Å². The van der Waals surface area contributed by atoms with E-state index in [0.29, 0.717) is 23.9 Å². The van der Waals surface area contributed by atoms with Gasteiger partial charge in [-0.05, 0) is 19.0 Å². The lowest BCUT2D eigenvalue weighted by Gasteiger charge is -2.35. The van der Waals surface area contributed by atoms with Gasteiger partial charge < -0.3 is 25.4 Å². The predicted octanol–water partition coefficient (Wildman–Crippen LogP) is 1.70. The summed E-state index contributed by atoms with van der Waals surface area (Å²) in [5.41, 5.74) is 8.01. The van der Waals surface area contributed by atoms with Crippen LogP contribution in [0.2, 0.25) is 5.02 Å². The van der Waals surface area contributed by atoms with Crippen LogP contribution in [-0.4, -0.2) is 37.9 Å². The molecule has 0 amide bonds. The Hall–Kier alpha value is -1.59. The van der Waals surface area contributed by atoms with E-state index in [-0.39, 0.29) is 6.04 Å². The number of halogens is 1. The maximum absolute atomic E-state index is 6.16. The molecule has 5 nitrogen and oxygen atoms in total. The average Bonchev–Trinajstić information content (AvgIpc) is 2.94. The van der Waals surface area contributed by atoms with Gasteiger partial charge in [0.1, 0.15) is 6.61 Å². The molecule has 114 valence electrons. The van der Waals surface area contributed by atoms with Crippen molar-refractivity contribution in [3.8, 4) is 11.5 Å². The highest BCUT2D eigenvalue weighted by molar-refractivity contribution is 6.30. The Morgan fingerprint density at radius 3 is 3.14 bits per heavy atom. The van der Waals surface area contributed by atoms with Gasteiger partial charge in [0.2, 0.25) is 0 Å². The molecule has 2 aliphatic heterocycles. The maximum Gasteiger partial charge on any atom is 0.164 e. The van der Waals surface area contributed by atoms with E-state index in [1.165, 1.54) is 5.70 Å². The van der Waals surface area contributed by atoms with Crippen LogP contribution in [0.25, 0.3) is 0 Å². The maximum atomic E-state index is 6.16. The van der Waals surface area contributed by atoms with Crippen molar-refractivity contribution >= 4 is 11.6 Å². The molecule has 1 unspecified atom stereocenters. The van der Waals surface area contributed by atoms with E-state index in [1.54, 1.807) is 13.2 Å². The van der Waals surface area contributed by atoms with Gasteiger partial charge in [-0.15, -0.1) is 0 Å². The SMILES string of the molecule is COc1cc(Cl)cc2c1OCC(N1CNC=C1CCN)C2. The van der Waals surface area contributed by atoms with Crippen LogP contribution in [0.3, 0.4) is 0 Å². The van der Waals surface area contributed by atoms with Crippen molar-refractivity contribution in [3.05, 3.63) is 34.6 Å². The van der Waals surface area contributed by atoms with E-state index in [2.05, 4.69) is 10.2 Å². The first-order valence-corrected chi connectivity index (χ1v) is 7.49. The minimum absolute atomic E-state index is 0.286. The molecule has 6 heteroatoms. The van der Waals surface area contributed by atoms with Crippen molar-refractivity contribution in [2.24, 2.45) is 5.73 Å². The zero-order valence-corrected chi connectivity index (χ0v) is 12.8. The highest BCUT2D eigenvalue weighted by Gasteiger charge is 2.30. The number of hydrogen-bond acceptors (Lipinski definition) is 5. The van der Waals surface area contributed by atoms with Gasteiger partial charge in [0.15, 0.2) is 11.5 Å². The summed E-state index contributed by atoms with van der Waals surface area (Å²) in [6.45, 7) is 2.08. The molecule has 0 radical (unpaired) electrons. The van der Waals surface area contributed by atoms with Gasteiger partial charge >= 0.3 is 0 Å². The van der Waals surface area contributed by atoms with Gasteiger partial charge in [-0.25, -0.2) is 0 Å². The van der Waals surface area contributed by atoms with E-state index in [4.69, 9.17) is 26.8 Å². The summed E-state index contributed by atoms with van der Waals surface area (Å²) in [6, 6.07) is 4.03. The summed E-state index contributed by atoms with van der Waals surface area (Å²) >= 11 is 6.16. The van der Waals surface area contributed by atoms with E-state index in [9.17, 15) is 0 Å². The number of hydrogen-bond donors (Lipinski definition) is 2. The average molecular weight is 310 g/mol. The van der Waals surface area contributed by atoms with E-state index < -0.39 is 0 Å². The van der Waals surface area contributed by atoms with Gasteiger partial charge in [0.05, 0.1) is 19.8 Å². The van der Waals surface area contributed by atoms with Crippen molar-refractivity contribution in [2.45, 2.75) is 18.9 Å². The second-order valence-electron chi connectivity index (χ2n) is 5.27. The van der Waals surface area contributed by atoms with Crippen LogP contribution in [0, 0.1) is 0 Å². The number of methoxy groups -OCH3 is 1. The smallest absolute Gasteiger partial charge is 0.164 e. The molecule has 0 spiro atoms. The molecule has 0 saturated heterocycles. The number of benzene rings is 1. The Labute approximate surface area is 129 Å². The second kappa shape index (κ2) is 6.03. The van der Waals surface area contributed by atoms with Gasteiger partial charge in [-0.2, -0.15) is 0 Å². The van der Waals surface area contributed by atoms with Gasteiger partial charge in [0.25, 0.3) is 0 Å². The van der Waals surface area contributed by atoms with E-state index >= 15 is 0 Å². The standard InChI is InChI=1S/C15H20ClN3O2/c1-20-14-6-11(16)4-10-5-13(8-21-15(10)14)19-9-18-7-12(19)2-3-17/h4,6-7,13,18H,2-3,5,8-9,17H2,1H3. The van der Waals surface area contributed by atoms with E-state index in [0.717, 1.165) is 30.8 Å². The fourth-order valence-corrected chi connectivity index (χ4v) is 3.19. The molecule has 0 aliphatic carbocycles. The number of ether oxygens (including phenoxy) is 2. The Kier molecular flexibility index (Phi) is 4.12. The highest BCUT2D eigenvalue weighted by atomic mass is 35.5. The molecule has 0 saturated carbocycles. The Morgan fingerprint density at radius 2 is 2.38 bits per heavy atom. The zero-order valence-electron chi connectivity index (χ0n) is 12.1. The third kappa shape index (κ3) is 2.76. The van der Waals surface area contributed by atoms with Gasteiger partial charge in [-0.1, -0.05) is 11.6 Å². The molecule has 1 atom stereocenters. The molecule has 1 aromatic rings. The fraction of sp³-hybridized carbons (Fsp3) is 0.467. The molecular weight excluding hydrogens is 290 g/mol. The molecule has 2 heterocycles. The summed E-state index contributed by atoms with van der Waals surface area (Å²) in [7, 11) is 1.63. The fourth-order valence-electron chi connectivity index (χ4n) is 2.96. The van der Waals surface area contributed by atoms with Gasteiger partial charge in [0, 0.05) is 35.0 Å².